The molecule has 1 amide bonds. The Hall–Kier alpha value is -2.78. The number of halogens is 1. The average Bonchev–Trinajstić information content (AvgIpc) is 4.12. The minimum Gasteiger partial charge on any atom is -0.490 e. The van der Waals surface area contributed by atoms with E-state index in [1.807, 2.05) is 42.7 Å². The van der Waals surface area contributed by atoms with E-state index in [4.69, 9.17) is 21.4 Å². The number of thioether (sulfide) groups is 1. The summed E-state index contributed by atoms with van der Waals surface area (Å²) in [6.45, 7) is 0.341. The average molecular weight is 758 g/mol. The van der Waals surface area contributed by atoms with Gasteiger partial charge >= 0.3 is 0 Å². The zero-order valence-electron chi connectivity index (χ0n) is 29.4. The van der Waals surface area contributed by atoms with Crippen molar-refractivity contribution in [2.24, 2.45) is 0 Å². The molecule has 2 fully saturated rings. The standard InChI is InChI=1S/C39H52ClN3O8S/c40-32-13-12-28(52-21-7-1-4-18-43(19-5-6-20-44)38(50)37(49)36(48)35(47)33(46)25-45)22-26(32)23-42-39(15-16-39)31-24-41-17-14-29(31)30-8-2-3-9-34(30)51-27-10-11-27/h2-3,8-9,12-14,17,22,24,27,33,35-37,42,44-49H,1,4-7,10-11,15-16,18-21,23,25H2. The Bertz CT molecular complexity index is 1590. The Morgan fingerprint density at radius 2 is 1.71 bits per heavy atom. The van der Waals surface area contributed by atoms with E-state index < -0.39 is 36.9 Å². The Labute approximate surface area is 315 Å². The van der Waals surface area contributed by atoms with Crippen molar-refractivity contribution < 1.29 is 40.2 Å². The van der Waals surface area contributed by atoms with Crippen molar-refractivity contribution in [3.05, 3.63) is 77.1 Å². The van der Waals surface area contributed by atoms with Crippen LogP contribution in [0, 0.1) is 0 Å². The molecule has 2 aliphatic carbocycles. The number of aromatic nitrogens is 1. The summed E-state index contributed by atoms with van der Waals surface area (Å²) in [6, 6.07) is 16.4. The van der Waals surface area contributed by atoms with Crippen LogP contribution in [-0.2, 0) is 16.9 Å². The van der Waals surface area contributed by atoms with E-state index in [0.717, 1.165) is 71.6 Å². The van der Waals surface area contributed by atoms with Gasteiger partial charge in [0, 0.05) is 59.7 Å². The molecule has 4 unspecified atom stereocenters. The van der Waals surface area contributed by atoms with Gasteiger partial charge in [0.25, 0.3) is 5.91 Å². The van der Waals surface area contributed by atoms with Crippen LogP contribution in [0.15, 0.2) is 65.8 Å². The van der Waals surface area contributed by atoms with Crippen molar-refractivity contribution in [2.45, 2.75) is 105 Å². The topological polar surface area (TPSA) is 176 Å². The number of nitrogens with zero attached hydrogens (tertiary/aromatic N) is 2. The molecule has 0 saturated heterocycles. The third-order valence-electron chi connectivity index (χ3n) is 9.71. The number of rotatable bonds is 23. The maximum atomic E-state index is 13.0. The zero-order valence-corrected chi connectivity index (χ0v) is 31.0. The quantitative estimate of drug-likeness (QED) is 0.0550. The minimum atomic E-state index is -1.96. The first kappa shape index (κ1) is 40.4. The second-order valence-electron chi connectivity index (χ2n) is 13.8. The Morgan fingerprint density at radius 3 is 2.42 bits per heavy atom. The second kappa shape index (κ2) is 19.5. The number of carbonyl (C=O) groups excluding carboxylic acids is 1. The molecule has 7 N–H and O–H groups in total. The first-order chi connectivity index (χ1) is 25.2. The molecular weight excluding hydrogens is 706 g/mol. The van der Waals surface area contributed by atoms with Gasteiger partial charge in [-0.2, -0.15) is 0 Å². The lowest BCUT2D eigenvalue weighted by Crippen LogP contribution is -2.53. The number of ether oxygens (including phenoxy) is 1. The van der Waals surface area contributed by atoms with Gasteiger partial charge in [-0.3, -0.25) is 9.78 Å². The molecular formula is C39H52ClN3O8S. The van der Waals surface area contributed by atoms with Crippen molar-refractivity contribution in [3.8, 4) is 16.9 Å². The second-order valence-corrected chi connectivity index (χ2v) is 15.3. The molecule has 13 heteroatoms. The van der Waals surface area contributed by atoms with E-state index in [2.05, 4.69) is 28.5 Å². The summed E-state index contributed by atoms with van der Waals surface area (Å²) < 4.78 is 6.26. The number of aliphatic hydroxyl groups excluding tert-OH is 6. The number of nitrogens with one attached hydrogen (secondary N) is 1. The highest BCUT2D eigenvalue weighted by Gasteiger charge is 2.46. The van der Waals surface area contributed by atoms with Gasteiger partial charge in [-0.25, -0.2) is 0 Å². The first-order valence-electron chi connectivity index (χ1n) is 18.3. The smallest absolute Gasteiger partial charge is 0.254 e. The number of hydrogen-bond acceptors (Lipinski definition) is 11. The normalized spacial score (nSPS) is 17.3. The summed E-state index contributed by atoms with van der Waals surface area (Å²) in [7, 11) is 0. The highest BCUT2D eigenvalue weighted by atomic mass is 35.5. The molecule has 2 aliphatic rings. The van der Waals surface area contributed by atoms with Gasteiger partial charge in [-0.05, 0) is 104 Å². The summed E-state index contributed by atoms with van der Waals surface area (Å²) in [4.78, 5) is 20.0. The lowest BCUT2D eigenvalue weighted by Gasteiger charge is -2.30. The highest BCUT2D eigenvalue weighted by molar-refractivity contribution is 7.99. The van der Waals surface area contributed by atoms with E-state index in [-0.39, 0.29) is 18.7 Å². The number of benzene rings is 2. The van der Waals surface area contributed by atoms with E-state index >= 15 is 0 Å². The fraction of sp³-hybridized carbons (Fsp3) is 0.538. The van der Waals surface area contributed by atoms with Crippen molar-refractivity contribution >= 4 is 29.3 Å². The maximum absolute atomic E-state index is 13.0. The number of aliphatic hydroxyl groups is 6. The molecule has 2 aromatic carbocycles. The Balaban J connectivity index is 1.12. The van der Waals surface area contributed by atoms with Gasteiger partial charge in [-0.15, -0.1) is 11.8 Å². The van der Waals surface area contributed by atoms with Crippen LogP contribution in [0.2, 0.25) is 5.02 Å². The van der Waals surface area contributed by atoms with Crippen LogP contribution in [0.3, 0.4) is 0 Å². The molecule has 11 nitrogen and oxygen atoms in total. The predicted octanol–water partition coefficient (Wildman–Crippen LogP) is 4.02. The van der Waals surface area contributed by atoms with Gasteiger partial charge in [-0.1, -0.05) is 36.2 Å². The summed E-state index contributed by atoms with van der Waals surface area (Å²) in [5.74, 6) is 0.993. The SMILES string of the molecule is O=C(C(O)C(O)C(O)C(O)CO)N(CCCCO)CCCCCSc1ccc(Cl)c(CNC2(c3cnccc3-c3ccccc3OC3CC3)CC2)c1. The van der Waals surface area contributed by atoms with Crippen molar-refractivity contribution in [2.75, 3.05) is 32.1 Å². The van der Waals surface area contributed by atoms with E-state index in [1.165, 1.54) is 10.5 Å². The molecule has 4 atom stereocenters. The monoisotopic (exact) mass is 757 g/mol. The molecule has 0 bridgehead atoms. The van der Waals surface area contributed by atoms with Gasteiger partial charge in [0.2, 0.25) is 0 Å². The summed E-state index contributed by atoms with van der Waals surface area (Å²) >= 11 is 8.42. The van der Waals surface area contributed by atoms with Crippen LogP contribution in [0.25, 0.3) is 11.1 Å². The van der Waals surface area contributed by atoms with Crippen LogP contribution in [-0.4, -0.2) is 109 Å². The summed E-state index contributed by atoms with van der Waals surface area (Å²) in [5.41, 5.74) is 4.22. The molecule has 3 aromatic rings. The molecule has 284 valence electrons. The molecule has 0 aliphatic heterocycles. The summed E-state index contributed by atoms with van der Waals surface area (Å²) in [5, 5.41) is 62.9. The molecule has 5 rings (SSSR count). The van der Waals surface area contributed by atoms with Gasteiger partial charge in [0.1, 0.15) is 24.1 Å². The molecule has 2 saturated carbocycles. The van der Waals surface area contributed by atoms with Crippen LogP contribution >= 0.6 is 23.4 Å². The van der Waals surface area contributed by atoms with Crippen molar-refractivity contribution in [1.82, 2.24) is 15.2 Å². The highest BCUT2D eigenvalue weighted by Crippen LogP contribution is 2.50. The fourth-order valence-electron chi connectivity index (χ4n) is 6.25. The number of carbonyl (C=O) groups is 1. The Kier molecular flexibility index (Phi) is 15.2. The number of pyridine rings is 1. The third-order valence-corrected chi connectivity index (χ3v) is 11.2. The Morgan fingerprint density at radius 1 is 0.962 bits per heavy atom. The largest absolute Gasteiger partial charge is 0.490 e. The molecule has 1 heterocycles. The lowest BCUT2D eigenvalue weighted by molar-refractivity contribution is -0.158. The van der Waals surface area contributed by atoms with Gasteiger partial charge < -0.3 is 45.6 Å². The molecule has 52 heavy (non-hydrogen) atoms. The van der Waals surface area contributed by atoms with Crippen molar-refractivity contribution in [3.63, 3.8) is 0 Å². The molecule has 1 aromatic heterocycles. The van der Waals surface area contributed by atoms with Crippen molar-refractivity contribution in [1.29, 1.82) is 0 Å². The molecule has 0 spiro atoms. The van der Waals surface area contributed by atoms with Gasteiger partial charge in [0.05, 0.1) is 12.7 Å². The third kappa shape index (κ3) is 10.9. The van der Waals surface area contributed by atoms with Crippen LogP contribution in [0.4, 0.5) is 0 Å². The molecule has 0 radical (unpaired) electrons. The maximum Gasteiger partial charge on any atom is 0.254 e. The number of unbranched alkanes of at least 4 members (excludes halogenated alkanes) is 3. The van der Waals surface area contributed by atoms with E-state index in [0.29, 0.717) is 43.5 Å². The lowest BCUT2D eigenvalue weighted by atomic mass is 9.94. The summed E-state index contributed by atoms with van der Waals surface area (Å²) in [6.07, 6.45) is 4.15. The van der Waals surface area contributed by atoms with Crippen LogP contribution < -0.4 is 10.1 Å². The van der Waals surface area contributed by atoms with Gasteiger partial charge in [0.15, 0.2) is 6.10 Å². The van der Waals surface area contributed by atoms with E-state index in [1.54, 1.807) is 11.8 Å². The zero-order chi connectivity index (χ0) is 37.1. The predicted molar refractivity (Wildman–Crippen MR) is 201 cm³/mol. The number of amides is 1. The number of hydrogen-bond donors (Lipinski definition) is 7. The minimum absolute atomic E-state index is 0.0359. The van der Waals surface area contributed by atoms with Crippen LogP contribution in [0.1, 0.15) is 68.9 Å². The van der Waals surface area contributed by atoms with Crippen LogP contribution in [0.5, 0.6) is 5.75 Å². The fourth-order valence-corrected chi connectivity index (χ4v) is 7.41. The van der Waals surface area contributed by atoms with E-state index in [9.17, 15) is 30.3 Å². The first-order valence-corrected chi connectivity index (χ1v) is 19.6. The number of para-hydroxylation sites is 1.